The molecule has 0 aromatic heterocycles. The van der Waals surface area contributed by atoms with Crippen molar-refractivity contribution in [1.82, 2.24) is 0 Å². The third-order valence-electron chi connectivity index (χ3n) is 7.33. The number of aryl methyl sites for hydroxylation is 2. The Balaban J connectivity index is 1.37. The first kappa shape index (κ1) is 26.0. The Morgan fingerprint density at radius 1 is 0.889 bits per heavy atom. The van der Waals surface area contributed by atoms with Gasteiger partial charge in [-0.25, -0.2) is 13.2 Å². The largest absolute Gasteiger partial charge is 0.426 e. The van der Waals surface area contributed by atoms with Crippen LogP contribution < -0.4 is 4.74 Å². The predicted octanol–water partition coefficient (Wildman–Crippen LogP) is 8.56. The summed E-state index contributed by atoms with van der Waals surface area (Å²) >= 11 is 0. The van der Waals surface area contributed by atoms with Crippen molar-refractivity contribution in [3.8, 4) is 16.9 Å². The van der Waals surface area contributed by atoms with Gasteiger partial charge < -0.3 is 4.74 Å². The highest BCUT2D eigenvalue weighted by atomic mass is 19.2. The van der Waals surface area contributed by atoms with Crippen LogP contribution in [0.25, 0.3) is 11.1 Å². The van der Waals surface area contributed by atoms with Crippen LogP contribution in [0.4, 0.5) is 13.2 Å². The van der Waals surface area contributed by atoms with Crippen molar-refractivity contribution < 1.29 is 22.7 Å². The zero-order chi connectivity index (χ0) is 25.7. The van der Waals surface area contributed by atoms with Crippen LogP contribution in [0, 0.1) is 23.4 Å². The third-order valence-corrected chi connectivity index (χ3v) is 7.33. The summed E-state index contributed by atoms with van der Waals surface area (Å²) in [7, 11) is 0. The molecule has 0 radical (unpaired) electrons. The molecule has 0 N–H and O–H groups in total. The van der Waals surface area contributed by atoms with Gasteiger partial charge >= 0.3 is 5.97 Å². The molecule has 3 aromatic rings. The van der Waals surface area contributed by atoms with E-state index in [2.05, 4.69) is 6.92 Å². The number of ether oxygens (including phenoxy) is 1. The Kier molecular flexibility index (Phi) is 8.50. The van der Waals surface area contributed by atoms with Gasteiger partial charge in [0.1, 0.15) is 11.6 Å². The van der Waals surface area contributed by atoms with Gasteiger partial charge in [-0.15, -0.1) is 0 Å². The molecule has 36 heavy (non-hydrogen) atoms. The molecular formula is C31H33F3O2. The van der Waals surface area contributed by atoms with Crippen LogP contribution in [0.3, 0.4) is 0 Å². The van der Waals surface area contributed by atoms with Crippen molar-refractivity contribution in [2.24, 2.45) is 5.92 Å². The Bertz CT molecular complexity index is 1200. The maximum Gasteiger partial charge on any atom is 0.314 e. The highest BCUT2D eigenvalue weighted by molar-refractivity contribution is 5.75. The molecule has 1 saturated carbocycles. The quantitative estimate of drug-likeness (QED) is 0.232. The van der Waals surface area contributed by atoms with Crippen molar-refractivity contribution in [1.29, 1.82) is 0 Å². The van der Waals surface area contributed by atoms with E-state index in [-0.39, 0.29) is 29.0 Å². The second kappa shape index (κ2) is 11.8. The molecule has 0 unspecified atom stereocenters. The molecule has 5 heteroatoms. The van der Waals surface area contributed by atoms with Crippen LogP contribution in [-0.4, -0.2) is 5.97 Å². The Labute approximate surface area is 211 Å². The van der Waals surface area contributed by atoms with E-state index in [0.29, 0.717) is 48.8 Å². The second-order valence-electron chi connectivity index (χ2n) is 9.71. The standard InChI is InChI=1S/C31H33F3O2/c1-3-5-6-23-15-16-25(19-28(23)32)36-31(35)24-13-11-22(12-14-24)27-18-17-26(29(33)30(27)34)21-9-7-20(4-2)8-10-21/h7-10,15-19,22,24H,3-6,11-14H2,1-2H3. The normalized spacial score (nSPS) is 17.7. The number of hydrogen-bond acceptors (Lipinski definition) is 2. The molecule has 1 aliphatic rings. The average Bonchev–Trinajstić information content (AvgIpc) is 2.90. The summed E-state index contributed by atoms with van der Waals surface area (Å²) in [6.45, 7) is 4.10. The number of esters is 1. The topological polar surface area (TPSA) is 26.3 Å². The average molecular weight is 495 g/mol. The second-order valence-corrected chi connectivity index (χ2v) is 9.71. The van der Waals surface area contributed by atoms with E-state index in [1.165, 1.54) is 6.07 Å². The number of carbonyl (C=O) groups excluding carboxylic acids is 1. The lowest BCUT2D eigenvalue weighted by molar-refractivity contribution is -0.140. The van der Waals surface area contributed by atoms with Crippen LogP contribution in [0.2, 0.25) is 0 Å². The minimum Gasteiger partial charge on any atom is -0.426 e. The van der Waals surface area contributed by atoms with E-state index in [0.717, 1.165) is 24.8 Å². The summed E-state index contributed by atoms with van der Waals surface area (Å²) in [5.41, 5.74) is 3.02. The van der Waals surface area contributed by atoms with Crippen LogP contribution in [0.15, 0.2) is 54.6 Å². The van der Waals surface area contributed by atoms with Crippen molar-refractivity contribution in [3.05, 3.63) is 88.7 Å². The number of halogens is 3. The number of benzene rings is 3. The van der Waals surface area contributed by atoms with Crippen molar-refractivity contribution in [3.63, 3.8) is 0 Å². The van der Waals surface area contributed by atoms with Crippen molar-refractivity contribution >= 4 is 5.97 Å². The maximum atomic E-state index is 15.1. The van der Waals surface area contributed by atoms with Gasteiger partial charge in [0.15, 0.2) is 11.6 Å². The van der Waals surface area contributed by atoms with Crippen molar-refractivity contribution in [2.75, 3.05) is 0 Å². The SMILES string of the molecule is CCCCc1ccc(OC(=O)C2CCC(c3ccc(-c4ccc(CC)cc4)c(F)c3F)CC2)cc1F. The molecule has 4 rings (SSSR count). The lowest BCUT2D eigenvalue weighted by Gasteiger charge is -2.28. The van der Waals surface area contributed by atoms with Crippen LogP contribution >= 0.6 is 0 Å². The Morgan fingerprint density at radius 2 is 1.61 bits per heavy atom. The number of unbranched alkanes of at least 4 members (excludes halogenated alkanes) is 1. The van der Waals surface area contributed by atoms with Gasteiger partial charge in [0.2, 0.25) is 0 Å². The zero-order valence-electron chi connectivity index (χ0n) is 21.0. The van der Waals surface area contributed by atoms with Gasteiger partial charge in [-0.3, -0.25) is 4.79 Å². The molecule has 0 aliphatic heterocycles. The highest BCUT2D eigenvalue weighted by Crippen LogP contribution is 2.39. The summed E-state index contributed by atoms with van der Waals surface area (Å²) in [6.07, 6.45) is 5.57. The predicted molar refractivity (Wildman–Crippen MR) is 137 cm³/mol. The number of carbonyl (C=O) groups is 1. The summed E-state index contributed by atoms with van der Waals surface area (Å²) < 4.78 is 49.8. The maximum absolute atomic E-state index is 15.1. The monoisotopic (exact) mass is 494 g/mol. The van der Waals surface area contributed by atoms with E-state index < -0.39 is 17.6 Å². The van der Waals surface area contributed by atoms with Gasteiger partial charge in [0.05, 0.1) is 5.92 Å². The molecule has 0 amide bonds. The van der Waals surface area contributed by atoms with Crippen LogP contribution in [-0.2, 0) is 17.6 Å². The smallest absolute Gasteiger partial charge is 0.314 e. The third kappa shape index (κ3) is 5.83. The van der Waals surface area contributed by atoms with Gasteiger partial charge in [-0.05, 0) is 79.2 Å². The van der Waals surface area contributed by atoms with E-state index in [9.17, 15) is 13.6 Å². The molecule has 0 heterocycles. The molecule has 1 aliphatic carbocycles. The number of hydrogen-bond donors (Lipinski definition) is 0. The van der Waals surface area contributed by atoms with E-state index in [1.807, 2.05) is 31.2 Å². The summed E-state index contributed by atoms with van der Waals surface area (Å²) in [4.78, 5) is 12.7. The summed E-state index contributed by atoms with van der Waals surface area (Å²) in [6, 6.07) is 15.4. The van der Waals surface area contributed by atoms with E-state index >= 15 is 4.39 Å². The summed E-state index contributed by atoms with van der Waals surface area (Å²) in [5.74, 6) is -2.69. The highest BCUT2D eigenvalue weighted by Gasteiger charge is 2.31. The summed E-state index contributed by atoms with van der Waals surface area (Å²) in [5, 5.41) is 0. The van der Waals surface area contributed by atoms with Gasteiger partial charge in [-0.1, -0.05) is 62.7 Å². The molecule has 0 bridgehead atoms. The molecule has 2 nitrogen and oxygen atoms in total. The van der Waals surface area contributed by atoms with Crippen LogP contribution in [0.5, 0.6) is 5.75 Å². The first-order chi connectivity index (χ1) is 17.4. The molecule has 0 saturated heterocycles. The van der Waals surface area contributed by atoms with Crippen LogP contribution in [0.1, 0.15) is 75.0 Å². The van der Waals surface area contributed by atoms with Gasteiger partial charge in [0, 0.05) is 11.6 Å². The first-order valence-electron chi connectivity index (χ1n) is 13.0. The van der Waals surface area contributed by atoms with E-state index in [4.69, 9.17) is 4.74 Å². The molecule has 0 spiro atoms. The minimum absolute atomic E-state index is 0.157. The molecule has 1 fully saturated rings. The Morgan fingerprint density at radius 3 is 2.25 bits per heavy atom. The van der Waals surface area contributed by atoms with Crippen molar-refractivity contribution in [2.45, 2.75) is 71.1 Å². The number of rotatable bonds is 8. The fraction of sp³-hybridized carbons (Fsp3) is 0.387. The molecule has 0 atom stereocenters. The molecule has 3 aromatic carbocycles. The van der Waals surface area contributed by atoms with Gasteiger partial charge in [0.25, 0.3) is 0 Å². The fourth-order valence-electron chi connectivity index (χ4n) is 5.02. The van der Waals surface area contributed by atoms with Gasteiger partial charge in [-0.2, -0.15) is 0 Å². The van der Waals surface area contributed by atoms with E-state index in [1.54, 1.807) is 24.3 Å². The first-order valence-corrected chi connectivity index (χ1v) is 13.0. The zero-order valence-corrected chi connectivity index (χ0v) is 21.0. The minimum atomic E-state index is -0.831. The Hall–Kier alpha value is -3.08. The molecule has 190 valence electrons. The lowest BCUT2D eigenvalue weighted by Crippen LogP contribution is -2.25. The fourth-order valence-corrected chi connectivity index (χ4v) is 5.02. The lowest BCUT2D eigenvalue weighted by atomic mass is 9.78. The molecular weight excluding hydrogens is 461 g/mol.